The van der Waals surface area contributed by atoms with Gasteiger partial charge in [-0.1, -0.05) is 11.6 Å². The maximum absolute atomic E-state index is 9.55. The van der Waals surface area contributed by atoms with Gasteiger partial charge in [0.2, 0.25) is 0 Å². The Kier molecular flexibility index (Phi) is 3.53. The Balaban J connectivity index is 2.31. The Morgan fingerprint density at radius 2 is 2.38 bits per heavy atom. The highest BCUT2D eigenvalue weighted by atomic mass is 35.5. The number of hydrogen-bond acceptors (Lipinski definition) is 4. The Morgan fingerprint density at radius 3 is 3.00 bits per heavy atom. The van der Waals surface area contributed by atoms with Gasteiger partial charge in [-0.05, 0) is 6.07 Å². The van der Waals surface area contributed by atoms with Crippen molar-refractivity contribution >= 4 is 11.6 Å². The lowest BCUT2D eigenvalue weighted by atomic mass is 10.1. The van der Waals surface area contributed by atoms with Crippen LogP contribution in [-0.4, -0.2) is 31.9 Å². The molecular formula is C11H14ClNO3. The van der Waals surface area contributed by atoms with Gasteiger partial charge in [0.25, 0.3) is 0 Å². The smallest absolute Gasteiger partial charge is 0.160 e. The number of methoxy groups -OCH3 is 1. The second-order valence-electron chi connectivity index (χ2n) is 3.61. The molecule has 1 atom stereocenters. The second-order valence-corrected chi connectivity index (χ2v) is 4.02. The summed E-state index contributed by atoms with van der Waals surface area (Å²) in [4.78, 5) is 0. The molecule has 0 spiro atoms. The molecule has 1 heterocycles. The van der Waals surface area contributed by atoms with Crippen molar-refractivity contribution in [2.45, 2.75) is 6.10 Å². The number of morpholine rings is 1. The molecule has 1 aliphatic rings. The molecule has 0 saturated carbocycles. The van der Waals surface area contributed by atoms with E-state index in [9.17, 15) is 5.11 Å². The van der Waals surface area contributed by atoms with Crippen LogP contribution in [0.5, 0.6) is 11.5 Å². The average molecular weight is 244 g/mol. The van der Waals surface area contributed by atoms with E-state index in [1.807, 2.05) is 0 Å². The first kappa shape index (κ1) is 11.5. The molecule has 0 radical (unpaired) electrons. The van der Waals surface area contributed by atoms with E-state index in [4.69, 9.17) is 21.1 Å². The van der Waals surface area contributed by atoms with Crippen LogP contribution in [-0.2, 0) is 4.74 Å². The highest BCUT2D eigenvalue weighted by Crippen LogP contribution is 2.36. The van der Waals surface area contributed by atoms with Gasteiger partial charge < -0.3 is 19.9 Å². The highest BCUT2D eigenvalue weighted by molar-refractivity contribution is 6.31. The molecule has 16 heavy (non-hydrogen) atoms. The normalized spacial score (nSPS) is 20.8. The molecule has 1 aromatic rings. The molecule has 5 heteroatoms. The van der Waals surface area contributed by atoms with Crippen LogP contribution >= 0.6 is 11.6 Å². The van der Waals surface area contributed by atoms with Crippen molar-refractivity contribution in [1.29, 1.82) is 0 Å². The van der Waals surface area contributed by atoms with Crippen molar-refractivity contribution in [2.24, 2.45) is 0 Å². The molecule has 4 nitrogen and oxygen atoms in total. The van der Waals surface area contributed by atoms with Crippen LogP contribution in [0.2, 0.25) is 5.02 Å². The molecule has 0 aromatic heterocycles. The van der Waals surface area contributed by atoms with Crippen LogP contribution < -0.4 is 10.1 Å². The van der Waals surface area contributed by atoms with Crippen molar-refractivity contribution in [3.63, 3.8) is 0 Å². The number of rotatable bonds is 2. The lowest BCUT2D eigenvalue weighted by molar-refractivity contribution is 0.0276. The number of phenols is 1. The predicted octanol–water partition coefficient (Wildman–Crippen LogP) is 1.72. The Bertz CT molecular complexity index is 378. The lowest BCUT2D eigenvalue weighted by Gasteiger charge is -2.25. The van der Waals surface area contributed by atoms with Gasteiger partial charge in [-0.3, -0.25) is 0 Å². The van der Waals surface area contributed by atoms with Crippen molar-refractivity contribution in [3.05, 3.63) is 22.7 Å². The van der Waals surface area contributed by atoms with Crippen LogP contribution in [0.25, 0.3) is 0 Å². The van der Waals surface area contributed by atoms with E-state index >= 15 is 0 Å². The second kappa shape index (κ2) is 4.91. The fourth-order valence-electron chi connectivity index (χ4n) is 1.73. The van der Waals surface area contributed by atoms with E-state index in [-0.39, 0.29) is 11.9 Å². The number of phenolic OH excluding ortho intramolecular Hbond substituents is 1. The summed E-state index contributed by atoms with van der Waals surface area (Å²) >= 11 is 6.07. The lowest BCUT2D eigenvalue weighted by Crippen LogP contribution is -2.33. The molecule has 1 aromatic carbocycles. The van der Waals surface area contributed by atoms with Gasteiger partial charge in [0, 0.05) is 24.7 Å². The summed E-state index contributed by atoms with van der Waals surface area (Å²) in [5.41, 5.74) is 0.837. The van der Waals surface area contributed by atoms with E-state index in [0.717, 1.165) is 12.1 Å². The molecule has 2 rings (SSSR count). The van der Waals surface area contributed by atoms with Crippen LogP contribution in [0.3, 0.4) is 0 Å². The van der Waals surface area contributed by atoms with Crippen LogP contribution in [0, 0.1) is 0 Å². The van der Waals surface area contributed by atoms with Gasteiger partial charge >= 0.3 is 0 Å². The van der Waals surface area contributed by atoms with E-state index in [1.54, 1.807) is 6.07 Å². The summed E-state index contributed by atoms with van der Waals surface area (Å²) in [6.45, 7) is 2.22. The number of halogens is 1. The van der Waals surface area contributed by atoms with E-state index in [2.05, 4.69) is 5.32 Å². The van der Waals surface area contributed by atoms with Crippen molar-refractivity contribution in [1.82, 2.24) is 5.32 Å². The third-order valence-corrected chi connectivity index (χ3v) is 2.90. The minimum Gasteiger partial charge on any atom is -0.504 e. The first-order valence-electron chi connectivity index (χ1n) is 5.11. The largest absolute Gasteiger partial charge is 0.504 e. The van der Waals surface area contributed by atoms with Gasteiger partial charge in [-0.2, -0.15) is 0 Å². The minimum atomic E-state index is -0.0873. The predicted molar refractivity (Wildman–Crippen MR) is 61.2 cm³/mol. The standard InChI is InChI=1S/C11H14ClNO3/c1-15-10-4-7(8(12)5-9(10)14)11-6-13-2-3-16-11/h4-5,11,13-14H,2-3,6H2,1H3. The van der Waals surface area contributed by atoms with E-state index in [0.29, 0.717) is 23.9 Å². The minimum absolute atomic E-state index is 0.0417. The molecule has 1 fully saturated rings. The molecule has 0 amide bonds. The SMILES string of the molecule is COc1cc(C2CNCCO2)c(Cl)cc1O. The molecule has 0 aliphatic carbocycles. The summed E-state index contributed by atoms with van der Waals surface area (Å²) in [7, 11) is 1.51. The third-order valence-electron chi connectivity index (χ3n) is 2.57. The molecular weight excluding hydrogens is 230 g/mol. The quantitative estimate of drug-likeness (QED) is 0.831. The molecule has 1 unspecified atom stereocenters. The van der Waals surface area contributed by atoms with Crippen LogP contribution in [0.4, 0.5) is 0 Å². The molecule has 1 aliphatic heterocycles. The zero-order valence-electron chi connectivity index (χ0n) is 9.00. The van der Waals surface area contributed by atoms with Gasteiger partial charge in [0.05, 0.1) is 24.8 Å². The third kappa shape index (κ3) is 2.24. The first-order chi connectivity index (χ1) is 7.72. The highest BCUT2D eigenvalue weighted by Gasteiger charge is 2.20. The van der Waals surface area contributed by atoms with Crippen LogP contribution in [0.1, 0.15) is 11.7 Å². The zero-order chi connectivity index (χ0) is 11.5. The van der Waals surface area contributed by atoms with E-state index in [1.165, 1.54) is 13.2 Å². The Hall–Kier alpha value is -0.970. The number of ether oxygens (including phenoxy) is 2. The summed E-state index contributed by atoms with van der Waals surface area (Å²) in [6.07, 6.45) is -0.0873. The molecule has 88 valence electrons. The number of benzene rings is 1. The summed E-state index contributed by atoms with van der Waals surface area (Å²) < 4.78 is 10.6. The number of hydrogen-bond donors (Lipinski definition) is 2. The molecule has 2 N–H and O–H groups in total. The summed E-state index contributed by atoms with van der Waals surface area (Å²) in [5, 5.41) is 13.3. The maximum Gasteiger partial charge on any atom is 0.160 e. The van der Waals surface area contributed by atoms with E-state index < -0.39 is 0 Å². The van der Waals surface area contributed by atoms with Crippen molar-refractivity contribution < 1.29 is 14.6 Å². The Morgan fingerprint density at radius 1 is 1.56 bits per heavy atom. The van der Waals surface area contributed by atoms with Gasteiger partial charge in [-0.15, -0.1) is 0 Å². The average Bonchev–Trinajstić information content (AvgIpc) is 2.30. The Labute approximate surface area is 99.1 Å². The topological polar surface area (TPSA) is 50.7 Å². The van der Waals surface area contributed by atoms with Crippen molar-refractivity contribution in [2.75, 3.05) is 26.8 Å². The van der Waals surface area contributed by atoms with Gasteiger partial charge in [-0.25, -0.2) is 0 Å². The summed E-state index contributed by atoms with van der Waals surface area (Å²) in [5.74, 6) is 0.452. The zero-order valence-corrected chi connectivity index (χ0v) is 9.75. The molecule has 1 saturated heterocycles. The monoisotopic (exact) mass is 243 g/mol. The van der Waals surface area contributed by atoms with Crippen LogP contribution in [0.15, 0.2) is 12.1 Å². The number of nitrogens with one attached hydrogen (secondary N) is 1. The molecule has 0 bridgehead atoms. The van der Waals surface area contributed by atoms with Crippen molar-refractivity contribution in [3.8, 4) is 11.5 Å². The fraction of sp³-hybridized carbons (Fsp3) is 0.455. The first-order valence-corrected chi connectivity index (χ1v) is 5.49. The maximum atomic E-state index is 9.55. The summed E-state index contributed by atoms with van der Waals surface area (Å²) in [6, 6.07) is 3.20. The number of aromatic hydroxyl groups is 1. The fourth-order valence-corrected chi connectivity index (χ4v) is 2.01. The van der Waals surface area contributed by atoms with Gasteiger partial charge in [0.15, 0.2) is 11.5 Å². The van der Waals surface area contributed by atoms with Gasteiger partial charge in [0.1, 0.15) is 0 Å².